The summed E-state index contributed by atoms with van der Waals surface area (Å²) in [6, 6.07) is 0. The van der Waals surface area contributed by atoms with Crippen LogP contribution in [0.25, 0.3) is 0 Å². The predicted molar refractivity (Wildman–Crippen MR) is 90.9 cm³/mol. The lowest BCUT2D eigenvalue weighted by molar-refractivity contribution is -0.305. The van der Waals surface area contributed by atoms with Gasteiger partial charge in [-0.25, -0.2) is 0 Å². The van der Waals surface area contributed by atoms with Crippen LogP contribution in [0.3, 0.4) is 0 Å². The Kier molecular flexibility index (Phi) is 3.18. The van der Waals surface area contributed by atoms with Gasteiger partial charge in [-0.2, -0.15) is 0 Å². The van der Waals surface area contributed by atoms with Gasteiger partial charge in [-0.05, 0) is 30.9 Å². The first kappa shape index (κ1) is 17.6. The van der Waals surface area contributed by atoms with Gasteiger partial charge in [-0.1, -0.05) is 19.1 Å². The number of carbonyl (C=O) groups is 2. The lowest BCUT2D eigenvalue weighted by Crippen LogP contribution is -2.74. The van der Waals surface area contributed by atoms with Crippen molar-refractivity contribution in [3.05, 3.63) is 23.8 Å². The number of hydrogen-bond acceptors (Lipinski definition) is 7. The largest absolute Gasteiger partial charge is 0.462 e. The molecule has 3 aliphatic carbocycles. The van der Waals surface area contributed by atoms with Crippen molar-refractivity contribution >= 4 is 11.8 Å². The van der Waals surface area contributed by atoms with Crippen molar-refractivity contribution in [3.8, 4) is 0 Å². The fraction of sp³-hybridized carbons (Fsp3) is 0.700. The topological polar surface area (TPSA) is 113 Å². The van der Waals surface area contributed by atoms with Crippen LogP contribution >= 0.6 is 0 Å². The number of hydrogen-bond donors (Lipinski definition) is 3. The third-order valence-electron chi connectivity index (χ3n) is 8.19. The van der Waals surface area contributed by atoms with Crippen LogP contribution in [0, 0.1) is 28.6 Å². The van der Waals surface area contributed by atoms with Crippen LogP contribution in [0.1, 0.15) is 26.7 Å². The van der Waals surface area contributed by atoms with Gasteiger partial charge in [0.25, 0.3) is 0 Å². The van der Waals surface area contributed by atoms with Gasteiger partial charge < -0.3 is 24.8 Å². The second-order valence-electron chi connectivity index (χ2n) is 9.15. The molecule has 27 heavy (non-hydrogen) atoms. The number of fused-ring (bicyclic) bond motifs is 1. The van der Waals surface area contributed by atoms with E-state index >= 15 is 0 Å². The van der Waals surface area contributed by atoms with Gasteiger partial charge in [0.2, 0.25) is 0 Å². The second-order valence-corrected chi connectivity index (χ2v) is 9.15. The summed E-state index contributed by atoms with van der Waals surface area (Å²) in [6.07, 6.45) is -1.36. The first-order valence-corrected chi connectivity index (χ1v) is 9.41. The summed E-state index contributed by atoms with van der Waals surface area (Å²) in [6.45, 7) is 7.64. The van der Waals surface area contributed by atoms with Crippen LogP contribution in [0.2, 0.25) is 0 Å². The smallest absolute Gasteiger partial charge is 0.306 e. The molecule has 0 amide bonds. The molecule has 2 bridgehead atoms. The minimum absolute atomic E-state index is 0.0436. The molecule has 5 aliphatic rings. The van der Waals surface area contributed by atoms with Crippen LogP contribution in [-0.4, -0.2) is 57.8 Å². The van der Waals surface area contributed by atoms with Crippen molar-refractivity contribution in [1.82, 2.24) is 0 Å². The van der Waals surface area contributed by atoms with Crippen molar-refractivity contribution in [2.45, 2.75) is 50.8 Å². The molecule has 5 rings (SSSR count). The van der Waals surface area contributed by atoms with Gasteiger partial charge in [0.05, 0.1) is 13.0 Å². The molecule has 2 heterocycles. The highest BCUT2D eigenvalue weighted by molar-refractivity contribution is 5.96. The number of rotatable bonds is 0. The second kappa shape index (κ2) is 4.89. The third-order valence-corrected chi connectivity index (χ3v) is 8.19. The number of esters is 1. The zero-order chi connectivity index (χ0) is 19.5. The number of allylic oxidation sites excluding steroid dienone is 1. The van der Waals surface area contributed by atoms with E-state index in [9.17, 15) is 24.9 Å². The Morgan fingerprint density at radius 2 is 1.93 bits per heavy atom. The molecule has 3 N–H and O–H groups in total. The first-order valence-electron chi connectivity index (χ1n) is 9.41. The van der Waals surface area contributed by atoms with Crippen molar-refractivity contribution in [1.29, 1.82) is 0 Å². The van der Waals surface area contributed by atoms with Gasteiger partial charge in [0.1, 0.15) is 18.3 Å². The number of aliphatic hydroxyl groups is 3. The Hall–Kier alpha value is -1.54. The van der Waals surface area contributed by atoms with Gasteiger partial charge in [-0.3, -0.25) is 9.59 Å². The fourth-order valence-electron chi connectivity index (χ4n) is 7.14. The lowest BCUT2D eigenvalue weighted by Gasteiger charge is -2.66. The summed E-state index contributed by atoms with van der Waals surface area (Å²) < 4.78 is 11.5. The van der Waals surface area contributed by atoms with E-state index in [4.69, 9.17) is 9.47 Å². The average molecular weight is 376 g/mol. The molecule has 2 aliphatic heterocycles. The summed E-state index contributed by atoms with van der Waals surface area (Å²) in [7, 11) is 0. The zero-order valence-electron chi connectivity index (χ0n) is 15.3. The van der Waals surface area contributed by atoms with E-state index in [1.807, 2.05) is 6.92 Å². The van der Waals surface area contributed by atoms with E-state index in [-0.39, 0.29) is 24.9 Å². The van der Waals surface area contributed by atoms with E-state index in [2.05, 4.69) is 6.58 Å². The SMILES string of the molecule is C=C1C(O)[C@]2(O)OC[C@@]34[C@H](C[C@@H]5C(C)=CC(=O)C(O)[C@]5(C)[C@@H]32)OC(=O)C[C@@H]14. The Morgan fingerprint density at radius 3 is 2.63 bits per heavy atom. The van der Waals surface area contributed by atoms with Crippen molar-refractivity contribution in [3.63, 3.8) is 0 Å². The molecule has 2 saturated heterocycles. The third kappa shape index (κ3) is 1.69. The van der Waals surface area contributed by atoms with Gasteiger partial charge in [0.15, 0.2) is 11.6 Å². The van der Waals surface area contributed by atoms with Crippen LogP contribution in [-0.2, 0) is 19.1 Å². The highest BCUT2D eigenvalue weighted by atomic mass is 16.6. The number of ether oxygens (including phenoxy) is 2. The summed E-state index contributed by atoms with van der Waals surface area (Å²) in [5, 5.41) is 33.3. The molecular formula is C20H24O7. The van der Waals surface area contributed by atoms with E-state index in [0.29, 0.717) is 12.0 Å². The number of carbonyl (C=O) groups excluding carboxylic acids is 2. The number of aliphatic hydroxyl groups excluding tert-OH is 2. The molecule has 0 aromatic carbocycles. The van der Waals surface area contributed by atoms with Crippen LogP contribution in [0.4, 0.5) is 0 Å². The van der Waals surface area contributed by atoms with Crippen LogP contribution in [0.5, 0.6) is 0 Å². The molecule has 4 fully saturated rings. The maximum absolute atomic E-state index is 12.5. The van der Waals surface area contributed by atoms with Gasteiger partial charge in [0, 0.05) is 22.7 Å². The van der Waals surface area contributed by atoms with Crippen molar-refractivity contribution in [2.75, 3.05) is 6.61 Å². The van der Waals surface area contributed by atoms with E-state index in [1.54, 1.807) is 6.92 Å². The molecule has 7 heteroatoms. The molecule has 0 aromatic heterocycles. The molecule has 146 valence electrons. The zero-order valence-corrected chi connectivity index (χ0v) is 15.3. The molecule has 0 aromatic rings. The van der Waals surface area contributed by atoms with Crippen molar-refractivity contribution < 1.29 is 34.4 Å². The summed E-state index contributed by atoms with van der Waals surface area (Å²) in [5.74, 6) is -4.25. The first-order chi connectivity index (χ1) is 12.6. The van der Waals surface area contributed by atoms with Crippen molar-refractivity contribution in [2.24, 2.45) is 28.6 Å². The quantitative estimate of drug-likeness (QED) is 0.405. The van der Waals surface area contributed by atoms with Gasteiger partial charge in [-0.15, -0.1) is 0 Å². The van der Waals surface area contributed by atoms with Crippen LogP contribution < -0.4 is 0 Å². The molecule has 2 unspecified atom stereocenters. The van der Waals surface area contributed by atoms with Crippen LogP contribution in [0.15, 0.2) is 23.8 Å². The minimum Gasteiger partial charge on any atom is -0.462 e. The summed E-state index contributed by atoms with van der Waals surface area (Å²) in [4.78, 5) is 24.8. The lowest BCUT2D eigenvalue weighted by atomic mass is 9.39. The van der Waals surface area contributed by atoms with E-state index in [1.165, 1.54) is 6.08 Å². The summed E-state index contributed by atoms with van der Waals surface area (Å²) >= 11 is 0. The van der Waals surface area contributed by atoms with E-state index < -0.39 is 52.5 Å². The van der Waals surface area contributed by atoms with Gasteiger partial charge >= 0.3 is 5.97 Å². The normalized spacial score (nSPS) is 56.2. The molecule has 7 nitrogen and oxygen atoms in total. The Labute approximate surface area is 156 Å². The average Bonchev–Trinajstić information content (AvgIpc) is 2.90. The fourth-order valence-corrected chi connectivity index (χ4v) is 7.14. The maximum atomic E-state index is 12.5. The standard InChI is InChI=1S/C20H24O7/c1-8-4-12(21)16(24)18(3)10(8)5-13-19-7-26-20(25,17(18)19)15(23)9(2)11(19)6-14(22)27-13/h4,10-11,13,15-17,23-25H,2,5-7H2,1,3H3/t10-,11+,13+,15?,16?,17+,18-,19-,20+/m1/s1. The Morgan fingerprint density at radius 1 is 1.22 bits per heavy atom. The molecular weight excluding hydrogens is 352 g/mol. The molecule has 9 atom stereocenters. The molecule has 2 saturated carbocycles. The predicted octanol–water partition coefficient (Wildman–Crippen LogP) is 0.0863. The number of ketones is 1. The maximum Gasteiger partial charge on any atom is 0.306 e. The Balaban J connectivity index is 1.79. The highest BCUT2D eigenvalue weighted by Gasteiger charge is 2.81. The monoisotopic (exact) mass is 376 g/mol. The molecule has 0 radical (unpaired) electrons. The summed E-state index contributed by atoms with van der Waals surface area (Å²) in [5.41, 5.74) is -0.730. The van der Waals surface area contributed by atoms with E-state index in [0.717, 1.165) is 5.57 Å². The Bertz CT molecular complexity index is 817. The minimum atomic E-state index is -1.98. The highest BCUT2D eigenvalue weighted by Crippen LogP contribution is 2.73. The molecule has 1 spiro atoms.